The minimum atomic E-state index is -3.71. The predicted molar refractivity (Wildman–Crippen MR) is 112 cm³/mol. The maximum atomic E-state index is 12.7. The topological polar surface area (TPSA) is 74.7 Å². The van der Waals surface area contributed by atoms with E-state index in [1.54, 1.807) is 50.2 Å². The molecule has 0 aliphatic rings. The normalized spacial score (nSPS) is 11.2. The summed E-state index contributed by atoms with van der Waals surface area (Å²) >= 11 is 0. The molecule has 0 saturated heterocycles. The van der Waals surface area contributed by atoms with E-state index in [0.29, 0.717) is 28.1 Å². The highest BCUT2D eigenvalue weighted by Gasteiger charge is 2.27. The molecule has 0 unspecified atom stereocenters. The van der Waals surface area contributed by atoms with Crippen molar-refractivity contribution in [3.63, 3.8) is 0 Å². The van der Waals surface area contributed by atoms with Gasteiger partial charge in [0.25, 0.3) is 0 Å². The zero-order valence-corrected chi connectivity index (χ0v) is 16.7. The first kappa shape index (κ1) is 19.6. The summed E-state index contributed by atoms with van der Waals surface area (Å²) in [6.45, 7) is 3.39. The molecule has 0 aliphatic carbocycles. The van der Waals surface area contributed by atoms with Crippen LogP contribution in [-0.4, -0.2) is 25.7 Å². The lowest BCUT2D eigenvalue weighted by Gasteiger charge is -2.27. The summed E-state index contributed by atoms with van der Waals surface area (Å²) in [6.07, 6.45) is 1.11. The first-order chi connectivity index (χ1) is 13.2. The molecule has 0 saturated carbocycles. The number of carboxylic acid groups (broad SMARTS) is 1. The van der Waals surface area contributed by atoms with Crippen molar-refractivity contribution in [2.24, 2.45) is 0 Å². The van der Waals surface area contributed by atoms with Crippen molar-refractivity contribution >= 4 is 27.4 Å². The molecule has 144 valence electrons. The van der Waals surface area contributed by atoms with E-state index in [1.807, 2.05) is 30.3 Å². The van der Waals surface area contributed by atoms with Crippen molar-refractivity contribution in [2.45, 2.75) is 13.8 Å². The number of hydrogen-bond donors (Lipinski definition) is 1. The molecule has 0 heterocycles. The molecule has 0 bridgehead atoms. The van der Waals surface area contributed by atoms with Crippen LogP contribution >= 0.6 is 0 Å². The van der Waals surface area contributed by atoms with E-state index in [0.717, 1.165) is 11.8 Å². The Labute approximate surface area is 164 Å². The molecule has 0 fully saturated rings. The Kier molecular flexibility index (Phi) is 5.25. The van der Waals surface area contributed by atoms with Gasteiger partial charge in [-0.25, -0.2) is 17.5 Å². The molecular weight excluding hydrogens is 374 g/mol. The molecule has 3 aromatic rings. The van der Waals surface area contributed by atoms with Gasteiger partial charge in [0.1, 0.15) is 0 Å². The summed E-state index contributed by atoms with van der Waals surface area (Å²) in [6, 6.07) is 19.7. The smallest absolute Gasteiger partial charge is 0.336 e. The van der Waals surface area contributed by atoms with Gasteiger partial charge in [0.2, 0.25) is 10.0 Å². The van der Waals surface area contributed by atoms with E-state index < -0.39 is 16.0 Å². The number of sulfonamides is 1. The fourth-order valence-corrected chi connectivity index (χ4v) is 4.47. The van der Waals surface area contributed by atoms with Gasteiger partial charge < -0.3 is 5.11 Å². The van der Waals surface area contributed by atoms with E-state index in [1.165, 1.54) is 4.31 Å². The van der Waals surface area contributed by atoms with Crippen molar-refractivity contribution in [2.75, 3.05) is 10.6 Å². The van der Waals surface area contributed by atoms with Crippen LogP contribution in [0.15, 0.2) is 66.7 Å². The molecule has 0 atom stereocenters. The monoisotopic (exact) mass is 395 g/mol. The quantitative estimate of drug-likeness (QED) is 0.675. The van der Waals surface area contributed by atoms with E-state index in [4.69, 9.17) is 0 Å². The number of hydrogen-bond acceptors (Lipinski definition) is 3. The summed E-state index contributed by atoms with van der Waals surface area (Å²) in [5.74, 6) is -1.09. The van der Waals surface area contributed by atoms with E-state index in [9.17, 15) is 18.3 Å². The van der Waals surface area contributed by atoms with Crippen LogP contribution in [0.1, 0.15) is 21.5 Å². The molecule has 0 aromatic heterocycles. The number of carboxylic acids is 1. The maximum absolute atomic E-state index is 12.7. The average molecular weight is 395 g/mol. The maximum Gasteiger partial charge on any atom is 0.336 e. The number of para-hydroxylation sites is 1. The third-order valence-corrected chi connectivity index (χ3v) is 5.73. The van der Waals surface area contributed by atoms with Gasteiger partial charge in [-0.05, 0) is 54.3 Å². The summed E-state index contributed by atoms with van der Waals surface area (Å²) in [5, 5.41) is 9.83. The first-order valence-corrected chi connectivity index (χ1v) is 10.5. The second-order valence-electron chi connectivity index (χ2n) is 6.60. The van der Waals surface area contributed by atoms with Crippen LogP contribution in [-0.2, 0) is 10.0 Å². The highest BCUT2D eigenvalue weighted by atomic mass is 32.2. The van der Waals surface area contributed by atoms with Crippen molar-refractivity contribution in [1.82, 2.24) is 0 Å². The molecule has 3 aromatic carbocycles. The Balaban J connectivity index is 2.39. The second kappa shape index (κ2) is 7.48. The van der Waals surface area contributed by atoms with E-state index in [2.05, 4.69) is 0 Å². The zero-order chi connectivity index (χ0) is 20.5. The average Bonchev–Trinajstić information content (AvgIpc) is 2.64. The molecular formula is C22H21NO4S. The molecule has 28 heavy (non-hydrogen) atoms. The lowest BCUT2D eigenvalue weighted by molar-refractivity contribution is 0.0695. The van der Waals surface area contributed by atoms with Crippen LogP contribution in [0.3, 0.4) is 0 Å². The molecule has 1 N–H and O–H groups in total. The Hall–Kier alpha value is -3.12. The minimum Gasteiger partial charge on any atom is -0.478 e. The molecule has 0 aliphatic heterocycles. The summed E-state index contributed by atoms with van der Waals surface area (Å²) in [5.41, 5.74) is 3.40. The number of anilines is 2. The fraction of sp³-hybridized carbons (Fsp3) is 0.136. The van der Waals surface area contributed by atoms with Gasteiger partial charge in [-0.2, -0.15) is 0 Å². The number of rotatable bonds is 5. The molecule has 3 rings (SSSR count). The highest BCUT2D eigenvalue weighted by molar-refractivity contribution is 7.92. The van der Waals surface area contributed by atoms with Crippen LogP contribution in [0.25, 0.3) is 11.1 Å². The summed E-state index contributed by atoms with van der Waals surface area (Å²) in [4.78, 5) is 12.0. The number of benzene rings is 3. The molecule has 5 nitrogen and oxygen atoms in total. The van der Waals surface area contributed by atoms with Crippen molar-refractivity contribution in [1.29, 1.82) is 0 Å². The van der Waals surface area contributed by atoms with Gasteiger partial charge in [-0.15, -0.1) is 0 Å². The predicted octanol–water partition coefficient (Wildman–Crippen LogP) is 4.77. The minimum absolute atomic E-state index is 0.112. The Morgan fingerprint density at radius 1 is 0.893 bits per heavy atom. The van der Waals surface area contributed by atoms with E-state index >= 15 is 0 Å². The van der Waals surface area contributed by atoms with Crippen molar-refractivity contribution in [3.8, 4) is 11.1 Å². The molecule has 0 spiro atoms. The van der Waals surface area contributed by atoms with Crippen LogP contribution < -0.4 is 4.31 Å². The van der Waals surface area contributed by atoms with Gasteiger partial charge in [0, 0.05) is 0 Å². The van der Waals surface area contributed by atoms with Crippen molar-refractivity contribution < 1.29 is 18.3 Å². The standard InChI is InChI=1S/C22H21NO4S/c1-15-19(17-10-6-4-7-11-17)14-20(16(2)21(15)22(24)25)23(28(3,26)27)18-12-8-5-9-13-18/h4-14H,1-3H3,(H,24,25). The van der Waals surface area contributed by atoms with Crippen LogP contribution in [0, 0.1) is 13.8 Å². The summed E-state index contributed by atoms with van der Waals surface area (Å²) in [7, 11) is -3.71. The Morgan fingerprint density at radius 3 is 1.93 bits per heavy atom. The van der Waals surface area contributed by atoms with Crippen LogP contribution in [0.5, 0.6) is 0 Å². The fourth-order valence-electron chi connectivity index (χ4n) is 3.42. The Bertz CT molecular complexity index is 1120. The number of aromatic carboxylic acids is 1. The first-order valence-electron chi connectivity index (χ1n) is 8.70. The van der Waals surface area contributed by atoms with Gasteiger partial charge in [0.05, 0.1) is 23.2 Å². The third kappa shape index (κ3) is 3.64. The van der Waals surface area contributed by atoms with Crippen LogP contribution in [0.2, 0.25) is 0 Å². The highest BCUT2D eigenvalue weighted by Crippen LogP contribution is 2.38. The van der Waals surface area contributed by atoms with Gasteiger partial charge >= 0.3 is 5.97 Å². The van der Waals surface area contributed by atoms with Gasteiger partial charge in [0.15, 0.2) is 0 Å². The van der Waals surface area contributed by atoms with Gasteiger partial charge in [-0.1, -0.05) is 48.5 Å². The SMILES string of the molecule is Cc1c(-c2ccccc2)cc(N(c2ccccc2)S(C)(=O)=O)c(C)c1C(=O)O. The largest absolute Gasteiger partial charge is 0.478 e. The molecule has 0 amide bonds. The second-order valence-corrected chi connectivity index (χ2v) is 8.43. The number of carbonyl (C=O) groups is 1. The zero-order valence-electron chi connectivity index (χ0n) is 15.9. The number of nitrogens with zero attached hydrogens (tertiary/aromatic N) is 1. The summed E-state index contributed by atoms with van der Waals surface area (Å²) < 4.78 is 26.5. The van der Waals surface area contributed by atoms with Crippen molar-refractivity contribution in [3.05, 3.63) is 83.4 Å². The molecule has 0 radical (unpaired) electrons. The van der Waals surface area contributed by atoms with E-state index in [-0.39, 0.29) is 5.56 Å². The third-order valence-electron chi connectivity index (χ3n) is 4.66. The molecule has 6 heteroatoms. The van der Waals surface area contributed by atoms with Gasteiger partial charge in [-0.3, -0.25) is 0 Å². The van der Waals surface area contributed by atoms with Crippen LogP contribution in [0.4, 0.5) is 11.4 Å². The lowest BCUT2D eigenvalue weighted by Crippen LogP contribution is -2.26. The Morgan fingerprint density at radius 2 is 1.43 bits per heavy atom. The lowest BCUT2D eigenvalue weighted by atomic mass is 9.91.